The van der Waals surface area contributed by atoms with Gasteiger partial charge in [-0.2, -0.15) is 0 Å². The van der Waals surface area contributed by atoms with E-state index in [4.69, 9.17) is 4.74 Å². The Balaban J connectivity index is 1.28. The zero-order valence-corrected chi connectivity index (χ0v) is 19.4. The Kier molecular flexibility index (Phi) is 6.61. The Bertz CT molecular complexity index is 1360. The number of benzene rings is 2. The molecule has 186 valence electrons. The average Bonchev–Trinajstić information content (AvgIpc) is 3.43. The summed E-state index contributed by atoms with van der Waals surface area (Å²) in [6.45, 7) is 1.57. The highest BCUT2D eigenvalue weighted by Crippen LogP contribution is 2.32. The number of carbonyl (C=O) groups is 1. The van der Waals surface area contributed by atoms with Gasteiger partial charge in [-0.15, -0.1) is 0 Å². The van der Waals surface area contributed by atoms with Crippen molar-refractivity contribution in [1.82, 2.24) is 19.5 Å². The SMILES string of the molecule is Cc1ccc(NC(=O)Cc2ccc(Nc3ncnc4c3ncn4C3OC(CO)C(O)C3O)cc2)cc1. The van der Waals surface area contributed by atoms with Crippen LogP contribution in [-0.2, 0) is 16.0 Å². The molecule has 0 bridgehead atoms. The molecule has 1 fully saturated rings. The highest BCUT2D eigenvalue weighted by Gasteiger charge is 2.44. The van der Waals surface area contributed by atoms with Crippen molar-refractivity contribution < 1.29 is 24.9 Å². The van der Waals surface area contributed by atoms with E-state index in [2.05, 4.69) is 25.6 Å². The van der Waals surface area contributed by atoms with E-state index in [1.54, 1.807) is 0 Å². The monoisotopic (exact) mass is 490 g/mol. The van der Waals surface area contributed by atoms with E-state index in [9.17, 15) is 20.1 Å². The van der Waals surface area contributed by atoms with Gasteiger partial charge in [-0.1, -0.05) is 29.8 Å². The van der Waals surface area contributed by atoms with Gasteiger partial charge in [0.1, 0.15) is 24.6 Å². The fourth-order valence-electron chi connectivity index (χ4n) is 4.11. The first kappa shape index (κ1) is 23.8. The van der Waals surface area contributed by atoms with Crippen LogP contribution in [0.2, 0.25) is 0 Å². The topological polar surface area (TPSA) is 155 Å². The number of aryl methyl sites for hydroxylation is 1. The highest BCUT2D eigenvalue weighted by atomic mass is 16.6. The van der Waals surface area contributed by atoms with Crippen LogP contribution in [-0.4, -0.2) is 65.7 Å². The lowest BCUT2D eigenvalue weighted by Crippen LogP contribution is -2.33. The molecule has 11 nitrogen and oxygen atoms in total. The van der Waals surface area contributed by atoms with Gasteiger partial charge >= 0.3 is 0 Å². The molecule has 1 amide bonds. The Hall–Kier alpha value is -3.90. The molecule has 0 radical (unpaired) electrons. The fraction of sp³-hybridized carbons (Fsp3) is 0.280. The molecular formula is C25H26N6O5. The maximum atomic E-state index is 12.4. The van der Waals surface area contributed by atoms with Crippen molar-refractivity contribution in [3.05, 3.63) is 72.3 Å². The third-order valence-corrected chi connectivity index (χ3v) is 6.07. The summed E-state index contributed by atoms with van der Waals surface area (Å²) in [5, 5.41) is 35.9. The number of fused-ring (bicyclic) bond motifs is 1. The number of nitrogens with one attached hydrogen (secondary N) is 2. The zero-order chi connectivity index (χ0) is 25.2. The summed E-state index contributed by atoms with van der Waals surface area (Å²) in [6.07, 6.45) is -1.29. The summed E-state index contributed by atoms with van der Waals surface area (Å²) < 4.78 is 7.09. The minimum Gasteiger partial charge on any atom is -0.394 e. The quantitative estimate of drug-likeness (QED) is 0.260. The Morgan fingerprint density at radius 3 is 2.42 bits per heavy atom. The van der Waals surface area contributed by atoms with Crippen LogP contribution in [0.3, 0.4) is 0 Å². The maximum absolute atomic E-state index is 12.4. The summed E-state index contributed by atoms with van der Waals surface area (Å²) in [7, 11) is 0. The second-order valence-corrected chi connectivity index (χ2v) is 8.69. The lowest BCUT2D eigenvalue weighted by atomic mass is 10.1. The number of aliphatic hydroxyl groups is 3. The van der Waals surface area contributed by atoms with Crippen LogP contribution in [0.5, 0.6) is 0 Å². The Labute approximate surface area is 206 Å². The summed E-state index contributed by atoms with van der Waals surface area (Å²) in [5.74, 6) is 0.336. The van der Waals surface area contributed by atoms with E-state index < -0.39 is 31.1 Å². The van der Waals surface area contributed by atoms with E-state index in [-0.39, 0.29) is 12.3 Å². The number of amides is 1. The molecule has 36 heavy (non-hydrogen) atoms. The van der Waals surface area contributed by atoms with Crippen LogP contribution >= 0.6 is 0 Å². The van der Waals surface area contributed by atoms with Gasteiger partial charge in [0.25, 0.3) is 0 Å². The van der Waals surface area contributed by atoms with Crippen molar-refractivity contribution in [3.63, 3.8) is 0 Å². The fourth-order valence-corrected chi connectivity index (χ4v) is 4.11. The van der Waals surface area contributed by atoms with E-state index in [0.717, 1.165) is 22.5 Å². The molecular weight excluding hydrogens is 464 g/mol. The number of aliphatic hydroxyl groups excluding tert-OH is 3. The maximum Gasteiger partial charge on any atom is 0.228 e. The van der Waals surface area contributed by atoms with E-state index in [1.807, 2.05) is 55.5 Å². The third-order valence-electron chi connectivity index (χ3n) is 6.07. The number of ether oxygens (including phenoxy) is 1. The van der Waals surface area contributed by atoms with Crippen LogP contribution in [0.15, 0.2) is 61.2 Å². The van der Waals surface area contributed by atoms with Gasteiger partial charge in [-0.05, 0) is 36.8 Å². The molecule has 2 aromatic carbocycles. The molecule has 4 aromatic rings. The number of hydrogen-bond donors (Lipinski definition) is 5. The van der Waals surface area contributed by atoms with E-state index >= 15 is 0 Å². The number of aromatic nitrogens is 4. The predicted molar refractivity (Wildman–Crippen MR) is 132 cm³/mol. The van der Waals surface area contributed by atoms with Gasteiger partial charge in [0, 0.05) is 11.4 Å². The standard InChI is InChI=1S/C25H26N6O5/c1-14-2-6-16(7-3-14)29-19(33)10-15-4-8-17(9-5-15)30-23-20-24(27-12-26-23)31(13-28-20)25-22(35)21(34)18(11-32)36-25/h2-9,12-13,18,21-22,25,32,34-35H,10-11H2,1H3,(H,29,33)(H,26,27,30). The second kappa shape index (κ2) is 9.99. The van der Waals surface area contributed by atoms with Crippen LogP contribution in [0.4, 0.5) is 17.2 Å². The summed E-state index contributed by atoms with van der Waals surface area (Å²) >= 11 is 0. The number of rotatable bonds is 7. The Morgan fingerprint density at radius 1 is 1.00 bits per heavy atom. The van der Waals surface area contributed by atoms with Crippen molar-refractivity contribution in [2.75, 3.05) is 17.2 Å². The molecule has 4 atom stereocenters. The molecule has 5 N–H and O–H groups in total. The third kappa shape index (κ3) is 4.77. The largest absolute Gasteiger partial charge is 0.394 e. The number of nitrogens with zero attached hydrogens (tertiary/aromatic N) is 4. The van der Waals surface area contributed by atoms with Crippen molar-refractivity contribution in [1.29, 1.82) is 0 Å². The molecule has 1 aliphatic heterocycles. The minimum absolute atomic E-state index is 0.104. The minimum atomic E-state index is -1.25. The molecule has 0 saturated carbocycles. The summed E-state index contributed by atoms with van der Waals surface area (Å²) in [4.78, 5) is 25.3. The molecule has 11 heteroatoms. The molecule has 1 aliphatic rings. The molecule has 0 spiro atoms. The first-order chi connectivity index (χ1) is 17.4. The van der Waals surface area contributed by atoms with E-state index in [1.165, 1.54) is 17.2 Å². The number of carbonyl (C=O) groups excluding carboxylic acids is 1. The van der Waals surface area contributed by atoms with Gasteiger partial charge in [0.2, 0.25) is 5.91 Å². The van der Waals surface area contributed by atoms with E-state index in [0.29, 0.717) is 17.0 Å². The predicted octanol–water partition coefficient (Wildman–Crippen LogP) is 1.67. The average molecular weight is 491 g/mol. The molecule has 0 aliphatic carbocycles. The van der Waals surface area contributed by atoms with Crippen LogP contribution in [0.25, 0.3) is 11.2 Å². The van der Waals surface area contributed by atoms with Crippen LogP contribution < -0.4 is 10.6 Å². The van der Waals surface area contributed by atoms with Crippen molar-refractivity contribution >= 4 is 34.3 Å². The molecule has 2 aromatic heterocycles. The normalized spacial score (nSPS) is 21.6. The molecule has 1 saturated heterocycles. The van der Waals surface area contributed by atoms with Gasteiger partial charge < -0.3 is 30.7 Å². The summed E-state index contributed by atoms with van der Waals surface area (Å²) in [5.41, 5.74) is 4.31. The van der Waals surface area contributed by atoms with Crippen molar-refractivity contribution in [3.8, 4) is 0 Å². The number of hydrogen-bond acceptors (Lipinski definition) is 9. The molecule has 4 unspecified atom stereocenters. The second-order valence-electron chi connectivity index (χ2n) is 8.69. The number of imidazole rings is 1. The molecule has 5 rings (SSSR count). The highest BCUT2D eigenvalue weighted by molar-refractivity contribution is 5.92. The Morgan fingerprint density at radius 2 is 1.72 bits per heavy atom. The van der Waals surface area contributed by atoms with Gasteiger partial charge in [0.15, 0.2) is 23.2 Å². The van der Waals surface area contributed by atoms with Crippen LogP contribution in [0, 0.1) is 6.92 Å². The summed E-state index contributed by atoms with van der Waals surface area (Å²) in [6, 6.07) is 15.0. The first-order valence-electron chi connectivity index (χ1n) is 11.5. The molecule has 3 heterocycles. The smallest absolute Gasteiger partial charge is 0.228 e. The van der Waals surface area contributed by atoms with Gasteiger partial charge in [-0.3, -0.25) is 9.36 Å². The number of anilines is 3. The lowest BCUT2D eigenvalue weighted by molar-refractivity contribution is -0.115. The van der Waals surface area contributed by atoms with Gasteiger partial charge in [0.05, 0.1) is 19.4 Å². The van der Waals surface area contributed by atoms with Crippen molar-refractivity contribution in [2.24, 2.45) is 0 Å². The first-order valence-corrected chi connectivity index (χ1v) is 11.5. The van der Waals surface area contributed by atoms with Gasteiger partial charge in [-0.25, -0.2) is 15.0 Å². The van der Waals surface area contributed by atoms with Crippen molar-refractivity contribution in [2.45, 2.75) is 37.9 Å². The van der Waals surface area contributed by atoms with Crippen LogP contribution in [0.1, 0.15) is 17.4 Å². The lowest BCUT2D eigenvalue weighted by Gasteiger charge is -2.16. The zero-order valence-electron chi connectivity index (χ0n) is 19.4.